The van der Waals surface area contributed by atoms with Crippen molar-refractivity contribution in [3.05, 3.63) is 77.4 Å². The summed E-state index contributed by atoms with van der Waals surface area (Å²) in [5.74, 6) is -0.597. The first-order chi connectivity index (χ1) is 16.1. The number of anilines is 2. The number of sulfone groups is 1. The van der Waals surface area contributed by atoms with E-state index < -0.39 is 27.9 Å². The van der Waals surface area contributed by atoms with Crippen LogP contribution in [0.25, 0.3) is 11.0 Å². The number of phenolic OH excluding ortho intramolecular Hbond substituents is 1. The number of hydrogen-bond donors (Lipinski definition) is 4. The fourth-order valence-electron chi connectivity index (χ4n) is 4.21. The predicted octanol–water partition coefficient (Wildman–Crippen LogP) is 3.51. The van der Waals surface area contributed by atoms with Crippen LogP contribution in [0.1, 0.15) is 27.5 Å². The van der Waals surface area contributed by atoms with Crippen LogP contribution in [0.15, 0.2) is 65.6 Å². The Morgan fingerprint density at radius 3 is 2.62 bits per heavy atom. The molecule has 0 saturated carbocycles. The monoisotopic (exact) mass is 478 g/mol. The van der Waals surface area contributed by atoms with Gasteiger partial charge in [0.15, 0.2) is 9.84 Å². The van der Waals surface area contributed by atoms with Crippen LogP contribution in [0.2, 0.25) is 0 Å². The summed E-state index contributed by atoms with van der Waals surface area (Å²) in [7, 11) is -3.52. The number of rotatable bonds is 4. The number of H-pyrrole nitrogens is 1. The number of hydrogen-bond acceptors (Lipinski definition) is 6. The number of aromatic nitrogens is 2. The molecular formula is C23H18N4O6S. The van der Waals surface area contributed by atoms with Gasteiger partial charge < -0.3 is 15.2 Å². The molecule has 2 heterocycles. The summed E-state index contributed by atoms with van der Waals surface area (Å²) in [4.78, 5) is 33.0. The maximum absolute atomic E-state index is 13.5. The maximum atomic E-state index is 13.5. The van der Waals surface area contributed by atoms with E-state index in [1.54, 1.807) is 42.5 Å². The summed E-state index contributed by atoms with van der Waals surface area (Å²) in [5, 5.41) is 21.6. The van der Waals surface area contributed by atoms with E-state index in [0.717, 1.165) is 6.26 Å². The van der Waals surface area contributed by atoms with Gasteiger partial charge in [0.2, 0.25) is 5.95 Å². The van der Waals surface area contributed by atoms with Crippen molar-refractivity contribution in [2.45, 2.75) is 10.9 Å². The fraction of sp³-hybridized carbons (Fsp3) is 0.0870. The highest BCUT2D eigenvalue weighted by atomic mass is 32.2. The summed E-state index contributed by atoms with van der Waals surface area (Å²) in [6.45, 7) is 0. The molecule has 1 aliphatic heterocycles. The normalized spacial score (nSPS) is 15.5. The van der Waals surface area contributed by atoms with E-state index in [9.17, 15) is 23.1 Å². The number of carboxylic acid groups (broad SMARTS) is 1. The van der Waals surface area contributed by atoms with Gasteiger partial charge in [0.05, 0.1) is 27.5 Å². The zero-order valence-corrected chi connectivity index (χ0v) is 18.5. The lowest BCUT2D eigenvalue weighted by Gasteiger charge is -2.26. The molecule has 4 aromatic rings. The standard InChI is InChI=1S/C23H18N4O6S/c1-34(32,33)14-5-2-4-13(11-14)27-20(15-6-3-7-18(28)19(15)21(27)29)12-8-9-16-17(10-12)25-22(24-16)26-23(30)31/h2-11,20,28H,1H3,(H,30,31)(H2,24,25,26). The lowest BCUT2D eigenvalue weighted by molar-refractivity contribution is 0.0991. The molecule has 0 radical (unpaired) electrons. The number of aromatic amines is 1. The van der Waals surface area contributed by atoms with Crippen LogP contribution in [-0.4, -0.2) is 46.9 Å². The van der Waals surface area contributed by atoms with Gasteiger partial charge in [-0.15, -0.1) is 0 Å². The highest BCUT2D eigenvalue weighted by Gasteiger charge is 2.41. The Hall–Kier alpha value is -4.38. The molecule has 0 spiro atoms. The summed E-state index contributed by atoms with van der Waals surface area (Å²) in [5.41, 5.74) is 2.72. The van der Waals surface area contributed by atoms with E-state index in [-0.39, 0.29) is 22.2 Å². The second-order valence-electron chi connectivity index (χ2n) is 7.88. The molecule has 2 amide bonds. The van der Waals surface area contributed by atoms with Crippen molar-refractivity contribution in [3.8, 4) is 5.75 Å². The van der Waals surface area contributed by atoms with E-state index >= 15 is 0 Å². The first-order valence-electron chi connectivity index (χ1n) is 10.1. The Balaban J connectivity index is 1.69. The van der Waals surface area contributed by atoms with Gasteiger partial charge in [0.25, 0.3) is 5.91 Å². The van der Waals surface area contributed by atoms with Crippen molar-refractivity contribution in [3.63, 3.8) is 0 Å². The largest absolute Gasteiger partial charge is 0.507 e. The Labute approximate surface area is 193 Å². The third-order valence-electron chi connectivity index (χ3n) is 5.63. The second-order valence-corrected chi connectivity index (χ2v) is 9.90. The van der Waals surface area contributed by atoms with E-state index in [1.807, 2.05) is 0 Å². The van der Waals surface area contributed by atoms with Crippen molar-refractivity contribution in [2.75, 3.05) is 16.5 Å². The SMILES string of the molecule is CS(=O)(=O)c1cccc(N2C(=O)c3c(O)cccc3C2c2ccc3[nH]c(NC(=O)O)nc3c2)c1. The molecule has 0 fully saturated rings. The van der Waals surface area contributed by atoms with Crippen LogP contribution in [0, 0.1) is 0 Å². The zero-order chi connectivity index (χ0) is 24.2. The second kappa shape index (κ2) is 7.59. The van der Waals surface area contributed by atoms with E-state index in [2.05, 4.69) is 15.3 Å². The van der Waals surface area contributed by atoms with Gasteiger partial charge in [0, 0.05) is 11.9 Å². The van der Waals surface area contributed by atoms with Crippen molar-refractivity contribution >= 4 is 44.5 Å². The van der Waals surface area contributed by atoms with Gasteiger partial charge in [-0.2, -0.15) is 0 Å². The third kappa shape index (κ3) is 3.52. The quantitative estimate of drug-likeness (QED) is 0.350. The lowest BCUT2D eigenvalue weighted by Crippen LogP contribution is -2.28. The van der Waals surface area contributed by atoms with Gasteiger partial charge in [-0.25, -0.2) is 18.2 Å². The number of nitrogens with zero attached hydrogens (tertiary/aromatic N) is 2. The Bertz CT molecular complexity index is 1590. The summed E-state index contributed by atoms with van der Waals surface area (Å²) in [6.07, 6.45) is -0.175. The molecule has 3 aromatic carbocycles. The molecule has 4 N–H and O–H groups in total. The number of carbonyl (C=O) groups excluding carboxylic acids is 1. The van der Waals surface area contributed by atoms with Crippen LogP contribution in [0.4, 0.5) is 16.4 Å². The molecule has 1 atom stereocenters. The van der Waals surface area contributed by atoms with Crippen LogP contribution in [-0.2, 0) is 9.84 Å². The molecule has 1 unspecified atom stereocenters. The highest BCUT2D eigenvalue weighted by molar-refractivity contribution is 7.90. The van der Waals surface area contributed by atoms with Crippen LogP contribution < -0.4 is 10.2 Å². The predicted molar refractivity (Wildman–Crippen MR) is 124 cm³/mol. The van der Waals surface area contributed by atoms with Crippen molar-refractivity contribution in [2.24, 2.45) is 0 Å². The number of carbonyl (C=O) groups is 2. The number of benzene rings is 3. The minimum absolute atomic E-state index is 0.0536. The van der Waals surface area contributed by atoms with Gasteiger partial charge in [-0.05, 0) is 47.5 Å². The van der Waals surface area contributed by atoms with Crippen LogP contribution in [0.3, 0.4) is 0 Å². The van der Waals surface area contributed by atoms with Gasteiger partial charge in [0.1, 0.15) is 5.75 Å². The fourth-order valence-corrected chi connectivity index (χ4v) is 4.87. The Morgan fingerprint density at radius 1 is 1.12 bits per heavy atom. The first kappa shape index (κ1) is 21.5. The number of phenols is 1. The minimum atomic E-state index is -3.52. The molecule has 172 valence electrons. The molecule has 10 nitrogen and oxygen atoms in total. The number of nitrogens with one attached hydrogen (secondary N) is 2. The first-order valence-corrected chi connectivity index (χ1v) is 12.0. The highest BCUT2D eigenvalue weighted by Crippen LogP contribution is 2.45. The van der Waals surface area contributed by atoms with E-state index in [0.29, 0.717) is 27.8 Å². The Kier molecular flexibility index (Phi) is 4.79. The van der Waals surface area contributed by atoms with Crippen LogP contribution in [0.5, 0.6) is 5.75 Å². The van der Waals surface area contributed by atoms with Gasteiger partial charge in [-0.3, -0.25) is 15.0 Å². The molecule has 1 aliphatic rings. The molecule has 0 saturated heterocycles. The minimum Gasteiger partial charge on any atom is -0.507 e. The number of fused-ring (bicyclic) bond motifs is 2. The number of imidazole rings is 1. The van der Waals surface area contributed by atoms with Gasteiger partial charge >= 0.3 is 6.09 Å². The van der Waals surface area contributed by atoms with Crippen molar-refractivity contribution < 1.29 is 28.2 Å². The summed E-state index contributed by atoms with van der Waals surface area (Å²) < 4.78 is 24.3. The van der Waals surface area contributed by atoms with Crippen molar-refractivity contribution in [1.29, 1.82) is 0 Å². The topological polar surface area (TPSA) is 153 Å². The average molecular weight is 478 g/mol. The van der Waals surface area contributed by atoms with Crippen molar-refractivity contribution in [1.82, 2.24) is 9.97 Å². The molecule has 0 bridgehead atoms. The lowest BCUT2D eigenvalue weighted by atomic mass is 9.97. The molecule has 1 aromatic heterocycles. The van der Waals surface area contributed by atoms with E-state index in [4.69, 9.17) is 5.11 Å². The number of amides is 2. The molecule has 34 heavy (non-hydrogen) atoms. The smallest absolute Gasteiger partial charge is 0.411 e. The Morgan fingerprint density at radius 2 is 1.88 bits per heavy atom. The number of aromatic hydroxyl groups is 1. The molecular weight excluding hydrogens is 460 g/mol. The van der Waals surface area contributed by atoms with Crippen LogP contribution >= 0.6 is 0 Å². The van der Waals surface area contributed by atoms with E-state index in [1.165, 1.54) is 23.1 Å². The van der Waals surface area contributed by atoms with Gasteiger partial charge in [-0.1, -0.05) is 24.3 Å². The molecule has 5 rings (SSSR count). The molecule has 0 aliphatic carbocycles. The average Bonchev–Trinajstić information content (AvgIpc) is 3.30. The summed E-state index contributed by atoms with van der Waals surface area (Å²) >= 11 is 0. The third-order valence-corrected chi connectivity index (χ3v) is 6.74. The molecule has 11 heteroatoms. The maximum Gasteiger partial charge on any atom is 0.411 e. The zero-order valence-electron chi connectivity index (χ0n) is 17.7. The summed E-state index contributed by atoms with van der Waals surface area (Å²) in [6, 6.07) is 15.3.